The summed E-state index contributed by atoms with van der Waals surface area (Å²) in [6.07, 6.45) is 1.60. The number of carbonyl (C=O) groups excluding carboxylic acids is 2. The fourth-order valence-corrected chi connectivity index (χ4v) is 4.74. The minimum atomic E-state index is -1.20. The van der Waals surface area contributed by atoms with Crippen molar-refractivity contribution in [3.8, 4) is 5.69 Å². The smallest absolute Gasteiger partial charge is 0.242 e. The van der Waals surface area contributed by atoms with Gasteiger partial charge in [-0.2, -0.15) is 5.10 Å². The van der Waals surface area contributed by atoms with Crippen molar-refractivity contribution < 1.29 is 9.59 Å². The Kier molecular flexibility index (Phi) is 3.60. The molecule has 6 nitrogen and oxygen atoms in total. The third-order valence-corrected chi connectivity index (χ3v) is 5.96. The Labute approximate surface area is 170 Å². The van der Waals surface area contributed by atoms with Gasteiger partial charge in [0.2, 0.25) is 11.8 Å². The standard InChI is InChI=1S/C20H14Cl2N4O2/c1-25-15-7-3-6-14(22)17(15)20(19(25)28)9-16(27)24-18-13(20)10-23-26(18)12-5-2-4-11(21)8-12/h2-8,10H,9H2,1H3,(H,24,27)/t20-/m0/s1. The van der Waals surface area contributed by atoms with Gasteiger partial charge in [0, 0.05) is 40.3 Å². The first-order valence-corrected chi connectivity index (χ1v) is 9.40. The number of carbonyl (C=O) groups is 2. The molecular weight excluding hydrogens is 399 g/mol. The molecule has 2 aromatic carbocycles. The molecule has 0 saturated carbocycles. The van der Waals surface area contributed by atoms with E-state index in [2.05, 4.69) is 10.4 Å². The van der Waals surface area contributed by atoms with Crippen molar-refractivity contribution in [1.29, 1.82) is 0 Å². The van der Waals surface area contributed by atoms with E-state index in [9.17, 15) is 9.59 Å². The van der Waals surface area contributed by atoms with Crippen LogP contribution in [-0.2, 0) is 15.0 Å². The van der Waals surface area contributed by atoms with E-state index >= 15 is 0 Å². The molecule has 0 unspecified atom stereocenters. The van der Waals surface area contributed by atoms with Crippen LogP contribution < -0.4 is 10.2 Å². The molecule has 8 heteroatoms. The second kappa shape index (κ2) is 5.83. The highest BCUT2D eigenvalue weighted by molar-refractivity contribution is 6.34. The molecule has 28 heavy (non-hydrogen) atoms. The van der Waals surface area contributed by atoms with E-state index in [0.29, 0.717) is 38.4 Å². The lowest BCUT2D eigenvalue weighted by molar-refractivity contribution is -0.126. The number of hydrogen-bond donors (Lipinski definition) is 1. The Morgan fingerprint density at radius 2 is 1.93 bits per heavy atom. The zero-order valence-corrected chi connectivity index (χ0v) is 16.3. The topological polar surface area (TPSA) is 67.2 Å². The van der Waals surface area contributed by atoms with Gasteiger partial charge in [0.15, 0.2) is 0 Å². The normalized spacial score (nSPS) is 20.3. The number of nitrogens with one attached hydrogen (secondary N) is 1. The maximum absolute atomic E-state index is 13.4. The summed E-state index contributed by atoms with van der Waals surface area (Å²) < 4.78 is 1.59. The van der Waals surface area contributed by atoms with Gasteiger partial charge in [-0.1, -0.05) is 35.3 Å². The zero-order chi connectivity index (χ0) is 19.6. The van der Waals surface area contributed by atoms with E-state index in [-0.39, 0.29) is 18.2 Å². The number of nitrogens with zero attached hydrogens (tertiary/aromatic N) is 3. The van der Waals surface area contributed by atoms with Crippen LogP contribution in [0.5, 0.6) is 0 Å². The predicted octanol–water partition coefficient (Wildman–Crippen LogP) is 3.78. The number of fused-ring (bicyclic) bond motifs is 4. The Bertz CT molecular complexity index is 1170. The Hall–Kier alpha value is -2.83. The van der Waals surface area contributed by atoms with Crippen molar-refractivity contribution in [2.45, 2.75) is 11.8 Å². The molecule has 5 rings (SSSR count). The van der Waals surface area contributed by atoms with Crippen LogP contribution in [0.2, 0.25) is 10.0 Å². The van der Waals surface area contributed by atoms with Crippen LogP contribution in [0.15, 0.2) is 48.7 Å². The molecule has 2 aliphatic heterocycles. The molecule has 0 aliphatic carbocycles. The van der Waals surface area contributed by atoms with E-state index in [1.807, 2.05) is 12.1 Å². The first-order valence-electron chi connectivity index (χ1n) is 8.65. The number of anilines is 2. The number of benzene rings is 2. The molecule has 0 bridgehead atoms. The van der Waals surface area contributed by atoms with Crippen molar-refractivity contribution in [2.75, 3.05) is 17.3 Å². The van der Waals surface area contributed by atoms with Crippen molar-refractivity contribution in [3.05, 3.63) is 69.8 Å². The van der Waals surface area contributed by atoms with E-state index in [1.165, 1.54) is 0 Å². The zero-order valence-electron chi connectivity index (χ0n) is 14.7. The van der Waals surface area contributed by atoms with E-state index in [4.69, 9.17) is 23.2 Å². The second-order valence-corrected chi connectivity index (χ2v) is 7.77. The van der Waals surface area contributed by atoms with Gasteiger partial charge in [0.1, 0.15) is 11.2 Å². The van der Waals surface area contributed by atoms with Crippen LogP contribution in [0.25, 0.3) is 5.69 Å². The molecular formula is C20H14Cl2N4O2. The molecule has 0 saturated heterocycles. The second-order valence-electron chi connectivity index (χ2n) is 6.93. The summed E-state index contributed by atoms with van der Waals surface area (Å²) in [5, 5.41) is 8.32. The molecule has 3 aromatic rings. The van der Waals surface area contributed by atoms with Gasteiger partial charge >= 0.3 is 0 Å². The highest BCUT2D eigenvalue weighted by atomic mass is 35.5. The summed E-state index contributed by atoms with van der Waals surface area (Å²) in [5.41, 5.74) is 1.45. The summed E-state index contributed by atoms with van der Waals surface area (Å²) in [6.45, 7) is 0. The van der Waals surface area contributed by atoms with Crippen LogP contribution >= 0.6 is 23.2 Å². The third-order valence-electron chi connectivity index (χ3n) is 5.41. The van der Waals surface area contributed by atoms with E-state index in [0.717, 1.165) is 0 Å². The summed E-state index contributed by atoms with van der Waals surface area (Å²) >= 11 is 12.6. The van der Waals surface area contributed by atoms with Crippen LogP contribution in [0.4, 0.5) is 11.5 Å². The van der Waals surface area contributed by atoms with Gasteiger partial charge in [-0.05, 0) is 30.3 Å². The monoisotopic (exact) mass is 412 g/mol. The fraction of sp³-hybridized carbons (Fsp3) is 0.150. The molecule has 140 valence electrons. The van der Waals surface area contributed by atoms with Gasteiger partial charge in [-0.15, -0.1) is 0 Å². The third kappa shape index (κ3) is 2.13. The van der Waals surface area contributed by atoms with Gasteiger partial charge in [0.05, 0.1) is 11.9 Å². The SMILES string of the molecule is CN1C(=O)[C@]2(CC(=O)Nc3c2cnn3-c2cccc(Cl)c2)c2c(Cl)cccc21. The number of amides is 2. The summed E-state index contributed by atoms with van der Waals surface area (Å²) in [4.78, 5) is 27.7. The van der Waals surface area contributed by atoms with Gasteiger partial charge in [-0.25, -0.2) is 4.68 Å². The number of hydrogen-bond acceptors (Lipinski definition) is 3. The van der Waals surface area contributed by atoms with Crippen LogP contribution in [0.1, 0.15) is 17.5 Å². The number of halogens is 2. The minimum absolute atomic E-state index is 0.0266. The summed E-state index contributed by atoms with van der Waals surface area (Å²) in [7, 11) is 1.69. The van der Waals surface area contributed by atoms with Crippen molar-refractivity contribution in [3.63, 3.8) is 0 Å². The Balaban J connectivity index is 1.81. The first-order chi connectivity index (χ1) is 13.4. The highest BCUT2D eigenvalue weighted by Gasteiger charge is 2.57. The molecule has 1 spiro atoms. The first kappa shape index (κ1) is 17.3. The van der Waals surface area contributed by atoms with Crippen LogP contribution in [0, 0.1) is 0 Å². The highest BCUT2D eigenvalue weighted by Crippen LogP contribution is 2.54. The Morgan fingerprint density at radius 1 is 1.14 bits per heavy atom. The lowest BCUT2D eigenvalue weighted by atomic mass is 9.71. The average molecular weight is 413 g/mol. The maximum Gasteiger partial charge on any atom is 0.242 e. The predicted molar refractivity (Wildman–Crippen MR) is 107 cm³/mol. The molecule has 1 aromatic heterocycles. The fourth-order valence-electron chi connectivity index (χ4n) is 4.23. The maximum atomic E-state index is 13.4. The lowest BCUT2D eigenvalue weighted by Crippen LogP contribution is -2.45. The minimum Gasteiger partial charge on any atom is -0.314 e. The molecule has 2 aliphatic rings. The molecule has 2 amide bonds. The quantitative estimate of drug-likeness (QED) is 0.660. The number of rotatable bonds is 1. The van der Waals surface area contributed by atoms with Crippen LogP contribution in [-0.4, -0.2) is 28.6 Å². The number of aromatic nitrogens is 2. The molecule has 3 heterocycles. The summed E-state index contributed by atoms with van der Waals surface area (Å²) in [6, 6.07) is 12.5. The molecule has 1 N–H and O–H groups in total. The molecule has 1 atom stereocenters. The largest absolute Gasteiger partial charge is 0.314 e. The average Bonchev–Trinajstić information content (AvgIpc) is 3.17. The van der Waals surface area contributed by atoms with E-state index < -0.39 is 5.41 Å². The lowest BCUT2D eigenvalue weighted by Gasteiger charge is -2.32. The van der Waals surface area contributed by atoms with Gasteiger partial charge < -0.3 is 10.2 Å². The van der Waals surface area contributed by atoms with Gasteiger partial charge in [-0.3, -0.25) is 9.59 Å². The number of likely N-dealkylation sites (N-methyl/N-ethyl adjacent to an activating group) is 1. The van der Waals surface area contributed by atoms with E-state index in [1.54, 1.807) is 53.2 Å². The molecule has 0 radical (unpaired) electrons. The van der Waals surface area contributed by atoms with Crippen molar-refractivity contribution in [2.24, 2.45) is 0 Å². The Morgan fingerprint density at radius 3 is 2.71 bits per heavy atom. The molecule has 0 fully saturated rings. The van der Waals surface area contributed by atoms with Crippen LogP contribution in [0.3, 0.4) is 0 Å². The van der Waals surface area contributed by atoms with Crippen molar-refractivity contribution >= 4 is 46.5 Å². The van der Waals surface area contributed by atoms with Gasteiger partial charge in [0.25, 0.3) is 0 Å². The summed E-state index contributed by atoms with van der Waals surface area (Å²) in [5.74, 6) is -0.0174. The van der Waals surface area contributed by atoms with Crippen molar-refractivity contribution in [1.82, 2.24) is 9.78 Å².